The van der Waals surface area contributed by atoms with E-state index in [4.69, 9.17) is 5.73 Å². The third-order valence-electron chi connectivity index (χ3n) is 3.11. The summed E-state index contributed by atoms with van der Waals surface area (Å²) in [6.45, 7) is 1.95. The van der Waals surface area contributed by atoms with Crippen LogP contribution in [0.1, 0.15) is 21.5 Å². The van der Waals surface area contributed by atoms with Crippen LogP contribution in [0.5, 0.6) is 0 Å². The molecule has 1 aliphatic carbocycles. The van der Waals surface area contributed by atoms with Crippen LogP contribution in [0.15, 0.2) is 36.4 Å². The molecule has 0 atom stereocenters. The third kappa shape index (κ3) is 0.986. The van der Waals surface area contributed by atoms with Gasteiger partial charge in [0, 0.05) is 22.4 Å². The lowest BCUT2D eigenvalue weighted by Crippen LogP contribution is -1.99. The minimum absolute atomic E-state index is 0.0930. The predicted molar refractivity (Wildman–Crippen MR) is 64.5 cm³/mol. The van der Waals surface area contributed by atoms with E-state index >= 15 is 0 Å². The van der Waals surface area contributed by atoms with Crippen molar-refractivity contribution < 1.29 is 4.79 Å². The average Bonchev–Trinajstić information content (AvgIpc) is 2.60. The quantitative estimate of drug-likeness (QED) is 0.578. The van der Waals surface area contributed by atoms with Crippen molar-refractivity contribution in [3.63, 3.8) is 0 Å². The lowest BCUT2D eigenvalue weighted by atomic mass is 10.0. The number of hydrogen-bond acceptors (Lipinski definition) is 2. The van der Waals surface area contributed by atoms with E-state index in [1.807, 2.05) is 43.3 Å². The molecule has 2 heteroatoms. The molecule has 0 heterocycles. The number of carbonyl (C=O) groups is 1. The summed E-state index contributed by atoms with van der Waals surface area (Å²) >= 11 is 0. The summed E-state index contributed by atoms with van der Waals surface area (Å²) in [6, 6.07) is 11.4. The number of aryl methyl sites for hydroxylation is 1. The van der Waals surface area contributed by atoms with Crippen LogP contribution >= 0.6 is 0 Å². The van der Waals surface area contributed by atoms with E-state index in [0.29, 0.717) is 5.69 Å². The second-order valence-electron chi connectivity index (χ2n) is 4.10. The molecule has 0 fully saturated rings. The summed E-state index contributed by atoms with van der Waals surface area (Å²) in [5.41, 5.74) is 11.0. The van der Waals surface area contributed by atoms with Gasteiger partial charge >= 0.3 is 0 Å². The fourth-order valence-electron chi connectivity index (χ4n) is 2.34. The number of nitrogens with two attached hydrogens (primary N) is 1. The zero-order chi connectivity index (χ0) is 11.3. The molecule has 0 saturated heterocycles. The Bertz CT molecular complexity index is 614. The topological polar surface area (TPSA) is 43.1 Å². The number of hydrogen-bond donors (Lipinski definition) is 1. The van der Waals surface area contributed by atoms with Crippen LogP contribution in [0.3, 0.4) is 0 Å². The number of carbonyl (C=O) groups excluding carboxylic acids is 1. The van der Waals surface area contributed by atoms with Gasteiger partial charge in [-0.15, -0.1) is 0 Å². The molecular formula is C14H11NO. The zero-order valence-electron chi connectivity index (χ0n) is 8.95. The SMILES string of the molecule is Cc1ccc(N)c2c1C(=O)c1ccccc1-2. The van der Waals surface area contributed by atoms with Gasteiger partial charge in [-0.2, -0.15) is 0 Å². The number of rotatable bonds is 0. The molecule has 2 N–H and O–H groups in total. The van der Waals surface area contributed by atoms with Crippen LogP contribution in [-0.4, -0.2) is 5.78 Å². The Hall–Kier alpha value is -2.09. The van der Waals surface area contributed by atoms with Gasteiger partial charge in [0.25, 0.3) is 0 Å². The standard InChI is InChI=1S/C14H11NO/c1-8-6-7-11(15)13-9-4-2-3-5-10(9)14(16)12(8)13/h2-7H,15H2,1H3. The fourth-order valence-corrected chi connectivity index (χ4v) is 2.34. The van der Waals surface area contributed by atoms with Crippen LogP contribution in [0.4, 0.5) is 5.69 Å². The van der Waals surface area contributed by atoms with E-state index < -0.39 is 0 Å². The number of benzene rings is 2. The number of anilines is 1. The van der Waals surface area contributed by atoms with Gasteiger partial charge < -0.3 is 5.73 Å². The van der Waals surface area contributed by atoms with Crippen LogP contribution < -0.4 is 5.73 Å². The highest BCUT2D eigenvalue weighted by atomic mass is 16.1. The maximum Gasteiger partial charge on any atom is 0.194 e. The molecule has 3 rings (SSSR count). The van der Waals surface area contributed by atoms with Gasteiger partial charge in [0.1, 0.15) is 0 Å². The summed E-state index contributed by atoms with van der Waals surface area (Å²) in [4.78, 5) is 12.2. The molecule has 0 saturated carbocycles. The van der Waals surface area contributed by atoms with Gasteiger partial charge in [0.15, 0.2) is 5.78 Å². The van der Waals surface area contributed by atoms with Crippen molar-refractivity contribution in [2.24, 2.45) is 0 Å². The van der Waals surface area contributed by atoms with Gasteiger partial charge in [-0.3, -0.25) is 4.79 Å². The molecule has 0 aromatic heterocycles. The normalized spacial score (nSPS) is 12.4. The van der Waals surface area contributed by atoms with E-state index in [1.54, 1.807) is 0 Å². The summed E-state index contributed by atoms with van der Waals surface area (Å²) in [7, 11) is 0. The van der Waals surface area contributed by atoms with Crippen molar-refractivity contribution in [2.75, 3.05) is 5.73 Å². The molecule has 16 heavy (non-hydrogen) atoms. The largest absolute Gasteiger partial charge is 0.398 e. The van der Waals surface area contributed by atoms with Crippen molar-refractivity contribution in [1.29, 1.82) is 0 Å². The molecule has 0 radical (unpaired) electrons. The lowest BCUT2D eigenvalue weighted by Gasteiger charge is -2.06. The van der Waals surface area contributed by atoms with Crippen molar-refractivity contribution in [2.45, 2.75) is 6.92 Å². The Morgan fingerprint density at radius 3 is 2.38 bits per heavy atom. The third-order valence-corrected chi connectivity index (χ3v) is 3.11. The van der Waals surface area contributed by atoms with Crippen LogP contribution in [0.2, 0.25) is 0 Å². The highest BCUT2D eigenvalue weighted by Crippen LogP contribution is 2.41. The first-order valence-electron chi connectivity index (χ1n) is 5.23. The van der Waals surface area contributed by atoms with E-state index in [2.05, 4.69) is 0 Å². The predicted octanol–water partition coefficient (Wildman–Crippen LogP) is 2.79. The van der Waals surface area contributed by atoms with Crippen molar-refractivity contribution >= 4 is 11.5 Å². The van der Waals surface area contributed by atoms with Crippen LogP contribution in [0, 0.1) is 6.92 Å². The highest BCUT2D eigenvalue weighted by Gasteiger charge is 2.29. The molecule has 2 aromatic rings. The van der Waals surface area contributed by atoms with E-state index in [0.717, 1.165) is 27.8 Å². The van der Waals surface area contributed by atoms with Crippen LogP contribution in [-0.2, 0) is 0 Å². The van der Waals surface area contributed by atoms with E-state index in [-0.39, 0.29) is 5.78 Å². The van der Waals surface area contributed by atoms with Crippen molar-refractivity contribution in [3.8, 4) is 11.1 Å². The molecular weight excluding hydrogens is 198 g/mol. The monoisotopic (exact) mass is 209 g/mol. The maximum atomic E-state index is 12.2. The van der Waals surface area contributed by atoms with Crippen LogP contribution in [0.25, 0.3) is 11.1 Å². The van der Waals surface area contributed by atoms with Gasteiger partial charge in [0.2, 0.25) is 0 Å². The first kappa shape index (κ1) is 9.16. The van der Waals surface area contributed by atoms with E-state index in [9.17, 15) is 4.79 Å². The molecule has 0 unspecified atom stereocenters. The summed E-state index contributed by atoms with van der Waals surface area (Å²) < 4.78 is 0. The summed E-state index contributed by atoms with van der Waals surface area (Å²) in [5, 5.41) is 0. The van der Waals surface area contributed by atoms with Crippen molar-refractivity contribution in [3.05, 3.63) is 53.1 Å². The fraction of sp³-hybridized carbons (Fsp3) is 0.0714. The smallest absolute Gasteiger partial charge is 0.194 e. The first-order valence-corrected chi connectivity index (χ1v) is 5.23. The Morgan fingerprint density at radius 1 is 0.938 bits per heavy atom. The van der Waals surface area contributed by atoms with Gasteiger partial charge in [-0.1, -0.05) is 30.3 Å². The van der Waals surface area contributed by atoms with Gasteiger partial charge in [0.05, 0.1) is 0 Å². The average molecular weight is 209 g/mol. The second kappa shape index (κ2) is 2.95. The highest BCUT2D eigenvalue weighted by molar-refractivity contribution is 6.24. The second-order valence-corrected chi connectivity index (χ2v) is 4.10. The molecule has 2 nitrogen and oxygen atoms in total. The molecule has 78 valence electrons. The molecule has 0 bridgehead atoms. The van der Waals surface area contributed by atoms with E-state index in [1.165, 1.54) is 0 Å². The minimum Gasteiger partial charge on any atom is -0.398 e. The summed E-state index contributed by atoms with van der Waals surface area (Å²) in [6.07, 6.45) is 0. The molecule has 1 aliphatic rings. The maximum absolute atomic E-state index is 12.2. The molecule has 0 aliphatic heterocycles. The molecule has 2 aromatic carbocycles. The zero-order valence-corrected chi connectivity index (χ0v) is 8.95. The van der Waals surface area contributed by atoms with Gasteiger partial charge in [-0.05, 0) is 24.1 Å². The van der Waals surface area contributed by atoms with Crippen molar-refractivity contribution in [1.82, 2.24) is 0 Å². The number of fused-ring (bicyclic) bond motifs is 3. The van der Waals surface area contributed by atoms with Gasteiger partial charge in [-0.25, -0.2) is 0 Å². The number of nitrogen functional groups attached to an aromatic ring is 1. The lowest BCUT2D eigenvalue weighted by molar-refractivity contribution is 0.104. The Labute approximate surface area is 93.7 Å². The Balaban J connectivity index is 2.47. The molecule has 0 amide bonds. The number of ketones is 1. The molecule has 0 spiro atoms. The Morgan fingerprint density at radius 2 is 1.62 bits per heavy atom. The summed E-state index contributed by atoms with van der Waals surface area (Å²) in [5.74, 6) is 0.0930. The first-order chi connectivity index (χ1) is 7.70. The minimum atomic E-state index is 0.0930. The Kier molecular flexibility index (Phi) is 1.69.